The maximum atomic E-state index is 11.6. The van der Waals surface area contributed by atoms with Crippen molar-refractivity contribution in [3.05, 3.63) is 18.7 Å². The van der Waals surface area contributed by atoms with Gasteiger partial charge in [-0.1, -0.05) is 0 Å². The third-order valence-electron chi connectivity index (χ3n) is 2.26. The predicted octanol–water partition coefficient (Wildman–Crippen LogP) is 0.437. The molecule has 0 atom stereocenters. The highest BCUT2D eigenvalue weighted by Crippen LogP contribution is 2.30. The largest absolute Gasteiger partial charge is 0.382 e. The van der Waals surface area contributed by atoms with Crippen molar-refractivity contribution >= 4 is 32.2 Å². The van der Waals surface area contributed by atoms with Crippen LogP contribution in [0.15, 0.2) is 23.6 Å². The van der Waals surface area contributed by atoms with Crippen molar-refractivity contribution in [3.8, 4) is 0 Å². The van der Waals surface area contributed by atoms with E-state index in [-0.39, 0.29) is 10.7 Å². The van der Waals surface area contributed by atoms with Crippen molar-refractivity contribution in [2.45, 2.75) is 11.4 Å². The number of imidazole rings is 1. The molecule has 0 amide bonds. The van der Waals surface area contributed by atoms with Gasteiger partial charge in [0.15, 0.2) is 15.7 Å². The number of hydrogen-bond acceptors (Lipinski definition) is 7. The van der Waals surface area contributed by atoms with Gasteiger partial charge in [0.05, 0.1) is 6.33 Å². The summed E-state index contributed by atoms with van der Waals surface area (Å²) in [6, 6.07) is 0. The number of nitrogens with two attached hydrogens (primary N) is 1. The molecular formula is C9H13N5O2S2. The van der Waals surface area contributed by atoms with Crippen LogP contribution in [0, 0.1) is 0 Å². The molecule has 0 bridgehead atoms. The lowest BCUT2D eigenvalue weighted by molar-refractivity contribution is 0.602. The van der Waals surface area contributed by atoms with Crippen LogP contribution >= 0.6 is 11.5 Å². The Morgan fingerprint density at radius 1 is 1.56 bits per heavy atom. The van der Waals surface area contributed by atoms with Crippen LogP contribution in [0.2, 0.25) is 0 Å². The molecule has 9 heteroatoms. The Morgan fingerprint density at radius 2 is 2.33 bits per heavy atom. The van der Waals surface area contributed by atoms with Gasteiger partial charge in [-0.2, -0.15) is 4.37 Å². The number of sulfone groups is 1. The van der Waals surface area contributed by atoms with E-state index in [2.05, 4.69) is 14.7 Å². The SMILES string of the molecule is CS(=O)(=O)c1c(N)nsc1NCCn1ccnc1. The minimum Gasteiger partial charge on any atom is -0.382 e. The number of anilines is 2. The van der Waals surface area contributed by atoms with E-state index in [9.17, 15) is 8.42 Å². The van der Waals surface area contributed by atoms with Crippen molar-refractivity contribution in [2.75, 3.05) is 23.9 Å². The van der Waals surface area contributed by atoms with Crippen LogP contribution < -0.4 is 11.1 Å². The van der Waals surface area contributed by atoms with Gasteiger partial charge in [0.25, 0.3) is 0 Å². The molecule has 2 aromatic rings. The monoisotopic (exact) mass is 287 g/mol. The first-order chi connectivity index (χ1) is 8.48. The molecule has 0 aliphatic carbocycles. The fraction of sp³-hybridized carbons (Fsp3) is 0.333. The molecule has 0 aliphatic rings. The molecule has 0 saturated heterocycles. The van der Waals surface area contributed by atoms with E-state index in [1.54, 1.807) is 12.5 Å². The first-order valence-corrected chi connectivity index (χ1v) is 7.80. The third kappa shape index (κ3) is 2.79. The van der Waals surface area contributed by atoms with Crippen molar-refractivity contribution in [2.24, 2.45) is 0 Å². The average molecular weight is 287 g/mol. The molecule has 2 heterocycles. The minimum absolute atomic E-state index is 0.0487. The summed E-state index contributed by atoms with van der Waals surface area (Å²) in [5.41, 5.74) is 5.56. The fourth-order valence-electron chi connectivity index (χ4n) is 1.48. The Labute approximate surface area is 109 Å². The van der Waals surface area contributed by atoms with E-state index in [4.69, 9.17) is 5.73 Å². The van der Waals surface area contributed by atoms with E-state index in [1.165, 1.54) is 0 Å². The molecule has 0 radical (unpaired) electrons. The molecule has 0 aliphatic heterocycles. The van der Waals surface area contributed by atoms with Crippen molar-refractivity contribution in [3.63, 3.8) is 0 Å². The number of nitrogens with zero attached hydrogens (tertiary/aromatic N) is 3. The molecule has 2 aromatic heterocycles. The van der Waals surface area contributed by atoms with E-state index in [1.807, 2.05) is 10.8 Å². The number of hydrogen-bond donors (Lipinski definition) is 2. The fourth-order valence-corrected chi connectivity index (χ4v) is 3.58. The van der Waals surface area contributed by atoms with E-state index < -0.39 is 9.84 Å². The van der Waals surface area contributed by atoms with Crippen LogP contribution in [0.3, 0.4) is 0 Å². The number of nitrogen functional groups attached to an aromatic ring is 1. The summed E-state index contributed by atoms with van der Waals surface area (Å²) < 4.78 is 28.9. The van der Waals surface area contributed by atoms with Crippen LogP contribution in [0.4, 0.5) is 10.8 Å². The highest BCUT2D eigenvalue weighted by Gasteiger charge is 2.20. The maximum absolute atomic E-state index is 11.6. The van der Waals surface area contributed by atoms with Gasteiger partial charge in [-0.3, -0.25) is 0 Å². The molecule has 7 nitrogen and oxygen atoms in total. The van der Waals surface area contributed by atoms with Crippen LogP contribution in [0.25, 0.3) is 0 Å². The second kappa shape index (κ2) is 4.94. The average Bonchev–Trinajstić information content (AvgIpc) is 2.87. The van der Waals surface area contributed by atoms with Gasteiger partial charge >= 0.3 is 0 Å². The standard InChI is InChI=1S/C9H13N5O2S2/c1-18(15,16)7-8(10)13-17-9(7)12-3-5-14-4-2-11-6-14/h2,4,6,12H,3,5H2,1H3,(H2,10,13). The summed E-state index contributed by atoms with van der Waals surface area (Å²) >= 11 is 1.05. The van der Waals surface area contributed by atoms with Gasteiger partial charge in [-0.05, 0) is 11.5 Å². The van der Waals surface area contributed by atoms with E-state index in [0.717, 1.165) is 17.8 Å². The second-order valence-corrected chi connectivity index (χ2v) is 6.45. The van der Waals surface area contributed by atoms with Crippen molar-refractivity contribution in [1.29, 1.82) is 0 Å². The molecule has 18 heavy (non-hydrogen) atoms. The van der Waals surface area contributed by atoms with Gasteiger partial charge in [-0.15, -0.1) is 0 Å². The van der Waals surface area contributed by atoms with Gasteiger partial charge < -0.3 is 15.6 Å². The minimum atomic E-state index is -3.36. The Balaban J connectivity index is 2.06. The zero-order valence-corrected chi connectivity index (χ0v) is 11.3. The smallest absolute Gasteiger partial charge is 0.182 e. The zero-order valence-electron chi connectivity index (χ0n) is 9.70. The maximum Gasteiger partial charge on any atom is 0.182 e. The third-order valence-corrected chi connectivity index (χ3v) is 4.36. The Morgan fingerprint density at radius 3 is 2.94 bits per heavy atom. The van der Waals surface area contributed by atoms with Gasteiger partial charge in [0.1, 0.15) is 9.90 Å². The summed E-state index contributed by atoms with van der Waals surface area (Å²) in [7, 11) is -3.36. The molecular weight excluding hydrogens is 274 g/mol. The highest BCUT2D eigenvalue weighted by atomic mass is 32.2. The first kappa shape index (κ1) is 12.8. The molecule has 0 saturated carbocycles. The lowest BCUT2D eigenvalue weighted by Gasteiger charge is -2.06. The van der Waals surface area contributed by atoms with Gasteiger partial charge in [0, 0.05) is 31.7 Å². The first-order valence-electron chi connectivity index (χ1n) is 5.13. The highest BCUT2D eigenvalue weighted by molar-refractivity contribution is 7.91. The summed E-state index contributed by atoms with van der Waals surface area (Å²) in [4.78, 5) is 4.00. The number of nitrogens with one attached hydrogen (secondary N) is 1. The molecule has 98 valence electrons. The number of rotatable bonds is 5. The van der Waals surface area contributed by atoms with Gasteiger partial charge in [-0.25, -0.2) is 13.4 Å². The van der Waals surface area contributed by atoms with Crippen LogP contribution in [-0.2, 0) is 16.4 Å². The van der Waals surface area contributed by atoms with Crippen LogP contribution in [0.5, 0.6) is 0 Å². The Kier molecular flexibility index (Phi) is 3.53. The normalized spacial score (nSPS) is 11.6. The molecule has 0 spiro atoms. The molecule has 0 unspecified atom stereocenters. The van der Waals surface area contributed by atoms with E-state index in [0.29, 0.717) is 18.1 Å². The second-order valence-electron chi connectivity index (χ2n) is 3.73. The summed E-state index contributed by atoms with van der Waals surface area (Å²) in [5, 5.41) is 3.51. The molecule has 2 rings (SSSR count). The number of aromatic nitrogens is 3. The summed E-state index contributed by atoms with van der Waals surface area (Å²) in [6.45, 7) is 1.25. The summed E-state index contributed by atoms with van der Waals surface area (Å²) in [6.07, 6.45) is 6.33. The van der Waals surface area contributed by atoms with E-state index >= 15 is 0 Å². The van der Waals surface area contributed by atoms with Gasteiger partial charge in [0.2, 0.25) is 0 Å². The quantitative estimate of drug-likeness (QED) is 0.827. The summed E-state index contributed by atoms with van der Waals surface area (Å²) in [5.74, 6) is 0.0487. The molecule has 0 aromatic carbocycles. The van der Waals surface area contributed by atoms with Crippen LogP contribution in [0.1, 0.15) is 0 Å². The van der Waals surface area contributed by atoms with Crippen molar-refractivity contribution < 1.29 is 8.42 Å². The molecule has 3 N–H and O–H groups in total. The zero-order chi connectivity index (χ0) is 13.2. The van der Waals surface area contributed by atoms with Crippen molar-refractivity contribution in [1.82, 2.24) is 13.9 Å². The Bertz CT molecular complexity index is 617. The predicted molar refractivity (Wildman–Crippen MR) is 70.4 cm³/mol. The van der Waals surface area contributed by atoms with Crippen LogP contribution in [-0.4, -0.2) is 35.1 Å². The molecule has 0 fully saturated rings. The lowest BCUT2D eigenvalue weighted by atomic mass is 10.5. The topological polar surface area (TPSA) is 103 Å². The Hall–Kier alpha value is -1.61. The lowest BCUT2D eigenvalue weighted by Crippen LogP contribution is -2.11.